The van der Waals surface area contributed by atoms with E-state index in [0.29, 0.717) is 12.2 Å². The third-order valence-corrected chi connectivity index (χ3v) is 3.14. The summed E-state index contributed by atoms with van der Waals surface area (Å²) in [5.74, 6) is -0.839. The Bertz CT molecular complexity index is 574. The molecule has 1 aromatic rings. The zero-order valence-corrected chi connectivity index (χ0v) is 14.4. The van der Waals surface area contributed by atoms with Crippen LogP contribution in [0.4, 0.5) is 18.9 Å². The number of halogens is 3. The summed E-state index contributed by atoms with van der Waals surface area (Å²) in [6.45, 7) is 2.64. The monoisotopic (exact) mass is 361 g/mol. The maximum atomic E-state index is 12.1. The highest BCUT2D eigenvalue weighted by Crippen LogP contribution is 2.23. The predicted molar refractivity (Wildman–Crippen MR) is 87.2 cm³/mol. The average Bonchev–Trinajstić information content (AvgIpc) is 2.47. The fourth-order valence-corrected chi connectivity index (χ4v) is 2.01. The van der Waals surface area contributed by atoms with E-state index in [1.807, 2.05) is 6.92 Å². The Morgan fingerprint density at radius 1 is 1.12 bits per heavy atom. The number of likely N-dealkylation sites (N-methyl/N-ethyl adjacent to an activating group) is 1. The lowest BCUT2D eigenvalue weighted by Gasteiger charge is -2.22. The Kier molecular flexibility index (Phi) is 7.69. The van der Waals surface area contributed by atoms with Crippen LogP contribution in [0, 0.1) is 0 Å². The van der Waals surface area contributed by atoms with Gasteiger partial charge in [0, 0.05) is 19.8 Å². The van der Waals surface area contributed by atoms with Gasteiger partial charge in [0.25, 0.3) is 0 Å². The van der Waals surface area contributed by atoms with E-state index in [1.165, 1.54) is 17.0 Å². The van der Waals surface area contributed by atoms with Crippen LogP contribution in [0.2, 0.25) is 0 Å². The summed E-state index contributed by atoms with van der Waals surface area (Å²) < 4.78 is 40.1. The van der Waals surface area contributed by atoms with Crippen LogP contribution in [0.25, 0.3) is 0 Å². The van der Waals surface area contributed by atoms with Crippen molar-refractivity contribution in [3.63, 3.8) is 0 Å². The largest absolute Gasteiger partial charge is 0.573 e. The zero-order valence-electron chi connectivity index (χ0n) is 14.4. The predicted octanol–water partition coefficient (Wildman–Crippen LogP) is 2.32. The Balaban J connectivity index is 2.60. The molecule has 0 unspecified atom stereocenters. The molecule has 1 N–H and O–H groups in total. The van der Waals surface area contributed by atoms with Gasteiger partial charge in [-0.25, -0.2) is 0 Å². The maximum Gasteiger partial charge on any atom is 0.573 e. The van der Waals surface area contributed by atoms with Crippen molar-refractivity contribution < 1.29 is 27.5 Å². The second kappa shape index (κ2) is 9.26. The van der Waals surface area contributed by atoms with Crippen molar-refractivity contribution in [3.05, 3.63) is 24.3 Å². The Hall–Kier alpha value is -2.29. The summed E-state index contributed by atoms with van der Waals surface area (Å²) in [5.41, 5.74) is 0.343. The van der Waals surface area contributed by atoms with E-state index < -0.39 is 6.36 Å². The zero-order chi connectivity index (χ0) is 19.0. The molecule has 0 atom stereocenters. The number of anilines is 1. The third kappa shape index (κ3) is 8.39. The quantitative estimate of drug-likeness (QED) is 0.772. The SMILES string of the molecule is CCCN(CC(=O)Nc1ccc(OC(F)(F)F)cc1)CC(=O)N(C)C. The number of amides is 2. The topological polar surface area (TPSA) is 61.9 Å². The van der Waals surface area contributed by atoms with Gasteiger partial charge in [-0.1, -0.05) is 6.92 Å². The molecule has 0 aliphatic heterocycles. The normalized spacial score (nSPS) is 11.3. The molecule has 25 heavy (non-hydrogen) atoms. The number of nitrogens with zero attached hydrogens (tertiary/aromatic N) is 2. The van der Waals surface area contributed by atoms with Crippen LogP contribution in [-0.4, -0.2) is 61.7 Å². The number of carbonyl (C=O) groups is 2. The van der Waals surface area contributed by atoms with Gasteiger partial charge in [0.2, 0.25) is 11.8 Å². The van der Waals surface area contributed by atoms with E-state index in [4.69, 9.17) is 0 Å². The van der Waals surface area contributed by atoms with Gasteiger partial charge in [-0.05, 0) is 37.2 Å². The molecule has 9 heteroatoms. The maximum absolute atomic E-state index is 12.1. The van der Waals surface area contributed by atoms with Crippen LogP contribution < -0.4 is 10.1 Å². The van der Waals surface area contributed by atoms with Crippen LogP contribution in [0.15, 0.2) is 24.3 Å². The molecule has 140 valence electrons. The molecule has 1 aromatic carbocycles. The highest BCUT2D eigenvalue weighted by molar-refractivity contribution is 5.92. The molecule has 0 aromatic heterocycles. The standard InChI is InChI=1S/C16H22F3N3O3/c1-4-9-22(11-15(24)21(2)3)10-14(23)20-12-5-7-13(8-6-12)25-16(17,18)19/h5-8H,4,9-11H2,1-3H3,(H,20,23). The first-order valence-electron chi connectivity index (χ1n) is 7.69. The molecule has 0 spiro atoms. The molecule has 0 heterocycles. The average molecular weight is 361 g/mol. The van der Waals surface area contributed by atoms with Gasteiger partial charge in [-0.2, -0.15) is 0 Å². The lowest BCUT2D eigenvalue weighted by molar-refractivity contribution is -0.274. The second-order valence-corrected chi connectivity index (χ2v) is 5.62. The molecule has 2 amide bonds. The first-order valence-corrected chi connectivity index (χ1v) is 7.69. The van der Waals surface area contributed by atoms with Crippen molar-refractivity contribution in [1.29, 1.82) is 0 Å². The van der Waals surface area contributed by atoms with Crippen LogP contribution in [0.3, 0.4) is 0 Å². The molecule has 0 aliphatic rings. The van der Waals surface area contributed by atoms with Crippen molar-refractivity contribution in [3.8, 4) is 5.75 Å². The van der Waals surface area contributed by atoms with Crippen molar-refractivity contribution in [1.82, 2.24) is 9.80 Å². The fraction of sp³-hybridized carbons (Fsp3) is 0.500. The smallest absolute Gasteiger partial charge is 0.406 e. The van der Waals surface area contributed by atoms with E-state index in [9.17, 15) is 22.8 Å². The van der Waals surface area contributed by atoms with E-state index in [-0.39, 0.29) is 30.7 Å². The third-order valence-electron chi connectivity index (χ3n) is 3.14. The van der Waals surface area contributed by atoms with Gasteiger partial charge in [0.1, 0.15) is 5.75 Å². The number of carbonyl (C=O) groups excluding carboxylic acids is 2. The van der Waals surface area contributed by atoms with E-state index in [2.05, 4.69) is 10.1 Å². The number of benzene rings is 1. The fourth-order valence-electron chi connectivity index (χ4n) is 2.01. The number of nitrogens with one attached hydrogen (secondary N) is 1. The van der Waals surface area contributed by atoms with Crippen LogP contribution in [-0.2, 0) is 9.59 Å². The molecule has 6 nitrogen and oxygen atoms in total. The van der Waals surface area contributed by atoms with Crippen molar-refractivity contribution >= 4 is 17.5 Å². The van der Waals surface area contributed by atoms with Gasteiger partial charge in [-0.15, -0.1) is 13.2 Å². The van der Waals surface area contributed by atoms with Gasteiger partial charge >= 0.3 is 6.36 Å². The summed E-state index contributed by atoms with van der Waals surface area (Å²) in [7, 11) is 3.27. The first-order chi connectivity index (χ1) is 11.6. The van der Waals surface area contributed by atoms with Crippen molar-refractivity contribution in [2.75, 3.05) is 39.0 Å². The van der Waals surface area contributed by atoms with Gasteiger partial charge in [0.05, 0.1) is 13.1 Å². The highest BCUT2D eigenvalue weighted by Gasteiger charge is 2.30. The minimum atomic E-state index is -4.76. The summed E-state index contributed by atoms with van der Waals surface area (Å²) >= 11 is 0. The second-order valence-electron chi connectivity index (χ2n) is 5.62. The number of ether oxygens (including phenoxy) is 1. The van der Waals surface area contributed by atoms with Crippen molar-refractivity contribution in [2.24, 2.45) is 0 Å². The molecule has 1 rings (SSSR count). The molecule has 0 radical (unpaired) electrons. The number of hydrogen-bond acceptors (Lipinski definition) is 4. The number of hydrogen-bond donors (Lipinski definition) is 1. The Labute approximate surface area is 144 Å². The minimum Gasteiger partial charge on any atom is -0.406 e. The molecular weight excluding hydrogens is 339 g/mol. The van der Waals surface area contributed by atoms with E-state index >= 15 is 0 Å². The lowest BCUT2D eigenvalue weighted by atomic mass is 10.3. The number of rotatable bonds is 8. The van der Waals surface area contributed by atoms with Crippen LogP contribution in [0.1, 0.15) is 13.3 Å². The van der Waals surface area contributed by atoms with Crippen molar-refractivity contribution in [2.45, 2.75) is 19.7 Å². The summed E-state index contributed by atoms with van der Waals surface area (Å²) in [6, 6.07) is 4.85. The first kappa shape index (κ1) is 20.8. The lowest BCUT2D eigenvalue weighted by Crippen LogP contribution is -2.41. The molecule has 0 fully saturated rings. The minimum absolute atomic E-state index is 0.00816. The molecule has 0 saturated carbocycles. The van der Waals surface area contributed by atoms with Gasteiger partial charge < -0.3 is 15.0 Å². The van der Waals surface area contributed by atoms with E-state index in [0.717, 1.165) is 18.6 Å². The van der Waals surface area contributed by atoms with Gasteiger partial charge in [0.15, 0.2) is 0 Å². The Morgan fingerprint density at radius 3 is 2.20 bits per heavy atom. The highest BCUT2D eigenvalue weighted by atomic mass is 19.4. The molecular formula is C16H22F3N3O3. The number of alkyl halides is 3. The van der Waals surface area contributed by atoms with Gasteiger partial charge in [-0.3, -0.25) is 14.5 Å². The summed E-state index contributed by atoms with van der Waals surface area (Å²) in [4.78, 5) is 27.0. The van der Waals surface area contributed by atoms with E-state index in [1.54, 1.807) is 19.0 Å². The molecule has 0 aliphatic carbocycles. The van der Waals surface area contributed by atoms with Crippen LogP contribution >= 0.6 is 0 Å². The van der Waals surface area contributed by atoms with Crippen LogP contribution in [0.5, 0.6) is 5.75 Å². The molecule has 0 saturated heterocycles. The Morgan fingerprint density at radius 2 is 1.72 bits per heavy atom. The summed E-state index contributed by atoms with van der Waals surface area (Å²) in [6.07, 6.45) is -3.98. The molecule has 0 bridgehead atoms. The summed E-state index contributed by atoms with van der Waals surface area (Å²) in [5, 5.41) is 2.58.